The molecule has 5 aliphatic rings. The number of hydrogen-bond acceptors (Lipinski definition) is 7. The van der Waals surface area contributed by atoms with Gasteiger partial charge in [0, 0.05) is 13.8 Å². The predicted octanol–water partition coefficient (Wildman–Crippen LogP) is 3.73. The Bertz CT molecular complexity index is 836. The maximum Gasteiger partial charge on any atom is 0.312 e. The van der Waals surface area contributed by atoms with Crippen LogP contribution in [0.15, 0.2) is 0 Å². The summed E-state index contributed by atoms with van der Waals surface area (Å²) in [5.41, 5.74) is -0.937. The lowest BCUT2D eigenvalue weighted by atomic mass is 9.49. The van der Waals surface area contributed by atoms with Gasteiger partial charge in [0.1, 0.15) is 0 Å². The summed E-state index contributed by atoms with van der Waals surface area (Å²) >= 11 is 0. The first-order valence-corrected chi connectivity index (χ1v) is 11.7. The van der Waals surface area contributed by atoms with E-state index in [1.54, 1.807) is 0 Å². The Morgan fingerprint density at radius 1 is 1.03 bits per heavy atom. The molecule has 8 atom stereocenters. The van der Waals surface area contributed by atoms with Gasteiger partial charge in [0.2, 0.25) is 12.6 Å². The van der Waals surface area contributed by atoms with Gasteiger partial charge in [-0.15, -0.1) is 0 Å². The minimum Gasteiger partial charge on any atom is -0.451 e. The lowest BCUT2D eigenvalue weighted by Gasteiger charge is -2.56. The van der Waals surface area contributed by atoms with E-state index in [1.165, 1.54) is 33.1 Å². The Labute approximate surface area is 183 Å². The number of ether oxygens (including phenoxy) is 4. The van der Waals surface area contributed by atoms with Crippen molar-refractivity contribution in [2.45, 2.75) is 97.7 Å². The van der Waals surface area contributed by atoms with Crippen LogP contribution in [0.25, 0.3) is 0 Å². The summed E-state index contributed by atoms with van der Waals surface area (Å²) in [6.45, 7) is 9.90. The summed E-state index contributed by atoms with van der Waals surface area (Å²) in [7, 11) is 0. The fourth-order valence-electron chi connectivity index (χ4n) is 8.54. The molecule has 7 heteroatoms. The Kier molecular flexibility index (Phi) is 4.42. The summed E-state index contributed by atoms with van der Waals surface area (Å²) in [5, 5.41) is 0. The van der Waals surface area contributed by atoms with Gasteiger partial charge in [0.05, 0.1) is 12.3 Å². The van der Waals surface area contributed by atoms with E-state index in [1.807, 2.05) is 0 Å². The van der Waals surface area contributed by atoms with Crippen LogP contribution in [0.2, 0.25) is 0 Å². The van der Waals surface area contributed by atoms with Crippen LogP contribution < -0.4 is 0 Å². The maximum absolute atomic E-state index is 12.3. The smallest absolute Gasteiger partial charge is 0.312 e. The predicted molar refractivity (Wildman–Crippen MR) is 108 cm³/mol. The Morgan fingerprint density at radius 3 is 2.45 bits per heavy atom. The molecule has 31 heavy (non-hydrogen) atoms. The Hall–Kier alpha value is -1.63. The molecule has 2 saturated heterocycles. The van der Waals surface area contributed by atoms with E-state index in [0.717, 1.165) is 19.3 Å². The fourth-order valence-corrected chi connectivity index (χ4v) is 8.54. The van der Waals surface area contributed by atoms with Crippen LogP contribution in [-0.2, 0) is 33.3 Å². The second kappa shape index (κ2) is 6.46. The zero-order chi connectivity index (χ0) is 22.4. The standard InChI is InChI=1S/C24H34O7/c1-13(25)28-19-18(24(31-14(2)26)12-17(27)29-20(24)30-19)23-10-7-15-21(3,4)8-6-9-22(15,5)16(23)11-23/h15-16,18-20H,6-12H2,1-5H3. The van der Waals surface area contributed by atoms with Gasteiger partial charge in [-0.2, -0.15) is 0 Å². The molecule has 5 fully saturated rings. The monoisotopic (exact) mass is 434 g/mol. The molecule has 0 bridgehead atoms. The maximum atomic E-state index is 12.3. The molecule has 0 aromatic rings. The number of fused-ring (bicyclic) bond motifs is 4. The quantitative estimate of drug-likeness (QED) is 0.494. The molecule has 5 rings (SSSR count). The van der Waals surface area contributed by atoms with E-state index in [-0.39, 0.29) is 17.3 Å². The van der Waals surface area contributed by atoms with Gasteiger partial charge in [-0.1, -0.05) is 27.2 Å². The van der Waals surface area contributed by atoms with Crippen LogP contribution in [-0.4, -0.2) is 36.1 Å². The minimum absolute atomic E-state index is 0.0558. The first kappa shape index (κ1) is 21.2. The zero-order valence-electron chi connectivity index (χ0n) is 19.2. The molecule has 2 aliphatic heterocycles. The van der Waals surface area contributed by atoms with Crippen molar-refractivity contribution in [1.82, 2.24) is 0 Å². The van der Waals surface area contributed by atoms with Gasteiger partial charge in [0.25, 0.3) is 0 Å². The topological polar surface area (TPSA) is 88.1 Å². The number of carbonyl (C=O) groups is 3. The van der Waals surface area contributed by atoms with Crippen molar-refractivity contribution in [3.05, 3.63) is 0 Å². The van der Waals surface area contributed by atoms with E-state index in [0.29, 0.717) is 17.3 Å². The number of hydrogen-bond donors (Lipinski definition) is 0. The average Bonchev–Trinajstić information content (AvgIpc) is 3.20. The van der Waals surface area contributed by atoms with Crippen molar-refractivity contribution < 1.29 is 33.3 Å². The summed E-state index contributed by atoms with van der Waals surface area (Å²) in [6.07, 6.45) is 4.69. The van der Waals surface area contributed by atoms with Crippen LogP contribution in [0.1, 0.15) is 79.6 Å². The van der Waals surface area contributed by atoms with Gasteiger partial charge in [-0.05, 0) is 60.2 Å². The second-order valence-corrected chi connectivity index (χ2v) is 11.6. The molecule has 0 N–H and O–H groups in total. The third-order valence-electron chi connectivity index (χ3n) is 9.44. The first-order valence-electron chi connectivity index (χ1n) is 11.7. The van der Waals surface area contributed by atoms with Gasteiger partial charge >= 0.3 is 17.9 Å². The van der Waals surface area contributed by atoms with E-state index in [9.17, 15) is 14.4 Å². The summed E-state index contributed by atoms with van der Waals surface area (Å²) in [5.74, 6) is -0.723. The SMILES string of the molecule is CC(=O)OC1OC2OC(=O)CC2(OC(C)=O)C1C12CCC3C(C)(C)CCCC3(C)C1C2. The summed E-state index contributed by atoms with van der Waals surface area (Å²) < 4.78 is 22.9. The highest BCUT2D eigenvalue weighted by Crippen LogP contribution is 2.79. The lowest BCUT2D eigenvalue weighted by Crippen LogP contribution is -2.54. The van der Waals surface area contributed by atoms with Crippen molar-refractivity contribution in [3.8, 4) is 0 Å². The Morgan fingerprint density at radius 2 is 1.77 bits per heavy atom. The largest absolute Gasteiger partial charge is 0.451 e. The third-order valence-corrected chi connectivity index (χ3v) is 9.44. The van der Waals surface area contributed by atoms with Crippen LogP contribution in [0, 0.1) is 34.0 Å². The summed E-state index contributed by atoms with van der Waals surface area (Å²) in [4.78, 5) is 36.4. The second-order valence-electron chi connectivity index (χ2n) is 11.6. The molecule has 0 amide bonds. The Balaban J connectivity index is 1.56. The van der Waals surface area contributed by atoms with Gasteiger partial charge in [-0.25, -0.2) is 0 Å². The highest BCUT2D eigenvalue weighted by atomic mass is 16.8. The number of rotatable bonds is 3. The highest BCUT2D eigenvalue weighted by Gasteiger charge is 2.80. The van der Waals surface area contributed by atoms with Crippen molar-refractivity contribution in [1.29, 1.82) is 0 Å². The van der Waals surface area contributed by atoms with E-state index in [2.05, 4.69) is 20.8 Å². The molecule has 172 valence electrons. The fraction of sp³-hybridized carbons (Fsp3) is 0.875. The highest BCUT2D eigenvalue weighted by molar-refractivity contribution is 5.76. The van der Waals surface area contributed by atoms with Gasteiger partial charge in [-0.3, -0.25) is 19.1 Å². The molecular formula is C24H34O7. The molecule has 0 spiro atoms. The first-order chi connectivity index (χ1) is 14.4. The molecule has 3 aliphatic carbocycles. The van der Waals surface area contributed by atoms with E-state index >= 15 is 0 Å². The van der Waals surface area contributed by atoms with Gasteiger partial charge in [0.15, 0.2) is 5.60 Å². The van der Waals surface area contributed by atoms with Crippen molar-refractivity contribution >= 4 is 17.9 Å². The van der Waals surface area contributed by atoms with Crippen molar-refractivity contribution in [2.75, 3.05) is 0 Å². The van der Waals surface area contributed by atoms with E-state index in [4.69, 9.17) is 18.9 Å². The molecule has 0 radical (unpaired) electrons. The normalized spacial score (nSPS) is 49.3. The van der Waals surface area contributed by atoms with Gasteiger partial charge < -0.3 is 14.2 Å². The molecular weight excluding hydrogens is 400 g/mol. The average molecular weight is 435 g/mol. The number of esters is 3. The van der Waals surface area contributed by atoms with Crippen LogP contribution >= 0.6 is 0 Å². The van der Waals surface area contributed by atoms with Crippen molar-refractivity contribution in [3.63, 3.8) is 0 Å². The zero-order valence-corrected chi connectivity index (χ0v) is 19.2. The van der Waals surface area contributed by atoms with Crippen LogP contribution in [0.3, 0.4) is 0 Å². The van der Waals surface area contributed by atoms with Crippen molar-refractivity contribution in [2.24, 2.45) is 34.0 Å². The minimum atomic E-state index is -1.23. The molecule has 0 aromatic heterocycles. The molecule has 7 nitrogen and oxygen atoms in total. The molecule has 2 heterocycles. The lowest BCUT2D eigenvalue weighted by molar-refractivity contribution is -0.216. The molecule has 3 saturated carbocycles. The third kappa shape index (κ3) is 2.84. The summed E-state index contributed by atoms with van der Waals surface area (Å²) in [6, 6.07) is 0. The van der Waals surface area contributed by atoms with E-state index < -0.39 is 42.0 Å². The molecule has 8 unspecified atom stereocenters. The molecule has 0 aromatic carbocycles. The number of carbonyl (C=O) groups excluding carboxylic acids is 3. The van der Waals surface area contributed by atoms with Crippen LogP contribution in [0.4, 0.5) is 0 Å². The van der Waals surface area contributed by atoms with Crippen LogP contribution in [0.5, 0.6) is 0 Å².